The Balaban J connectivity index is 1.58. The van der Waals surface area contributed by atoms with Crippen molar-refractivity contribution < 1.29 is 19.2 Å². The number of amides is 4. The molecule has 0 N–H and O–H groups in total. The number of aryl methyl sites for hydroxylation is 1. The summed E-state index contributed by atoms with van der Waals surface area (Å²) in [5.41, 5.74) is 2.90. The largest absolute Gasteiger partial charge is 0.272 e. The zero-order chi connectivity index (χ0) is 32.2. The highest BCUT2D eigenvalue weighted by Crippen LogP contribution is 2.48. The van der Waals surface area contributed by atoms with Crippen molar-refractivity contribution in [3.8, 4) is 6.07 Å². The van der Waals surface area contributed by atoms with Gasteiger partial charge in [-0.05, 0) is 96.8 Å². The van der Waals surface area contributed by atoms with Crippen molar-refractivity contribution in [2.24, 2.45) is 11.8 Å². The fourth-order valence-corrected chi connectivity index (χ4v) is 8.17. The number of rotatable bonds is 6. The molecule has 0 saturated carbocycles. The Kier molecular flexibility index (Phi) is 6.32. The predicted molar refractivity (Wildman–Crippen MR) is 176 cm³/mol. The fraction of sp³-hybridized carbons (Fsp3) is 0.342. The molecule has 0 spiro atoms. The lowest BCUT2D eigenvalue weighted by molar-refractivity contribution is 0.0519. The van der Waals surface area contributed by atoms with Gasteiger partial charge in [-0.15, -0.1) is 0 Å². The normalized spacial score (nSPS) is 16.4. The molecule has 45 heavy (non-hydrogen) atoms. The minimum atomic E-state index is -0.389. The minimum Gasteiger partial charge on any atom is -0.272 e. The number of hydrogen-bond acceptors (Lipinski definition) is 5. The Hall–Kier alpha value is -4.83. The van der Waals surface area contributed by atoms with Crippen LogP contribution in [0.25, 0.3) is 43.1 Å². The molecular weight excluding hydrogens is 562 g/mol. The SMILES string of the molecule is Cc1cc2c3c(ccc4c5c(C#N)cc6c7c(ccc(c1c34)c75)C(=O)N(C(C)CC(C)C)C6=O)C(=O)N(C(C)CC(C)C)C2=O. The van der Waals surface area contributed by atoms with E-state index in [2.05, 4.69) is 33.8 Å². The minimum absolute atomic E-state index is 0.263. The quantitative estimate of drug-likeness (QED) is 0.112. The molecule has 2 aliphatic heterocycles. The van der Waals surface area contributed by atoms with Crippen LogP contribution in [0.5, 0.6) is 0 Å². The summed E-state index contributed by atoms with van der Waals surface area (Å²) in [6, 6.07) is 12.6. The molecule has 0 radical (unpaired) electrons. The van der Waals surface area contributed by atoms with Gasteiger partial charge in [0.1, 0.15) is 0 Å². The van der Waals surface area contributed by atoms with Crippen molar-refractivity contribution in [2.45, 2.75) is 73.4 Å². The van der Waals surface area contributed by atoms with Crippen molar-refractivity contribution >= 4 is 66.7 Å². The van der Waals surface area contributed by atoms with Crippen LogP contribution in [0.2, 0.25) is 0 Å². The number of carbonyl (C=O) groups is 4. The molecule has 226 valence electrons. The zero-order valence-electron chi connectivity index (χ0n) is 26.7. The van der Waals surface area contributed by atoms with Gasteiger partial charge in [-0.3, -0.25) is 29.0 Å². The van der Waals surface area contributed by atoms with Crippen LogP contribution >= 0.6 is 0 Å². The van der Waals surface area contributed by atoms with E-state index in [1.165, 1.54) is 9.80 Å². The second-order valence-electron chi connectivity index (χ2n) is 13.8. The average Bonchev–Trinajstić information content (AvgIpc) is 2.97. The van der Waals surface area contributed by atoms with Gasteiger partial charge in [-0.1, -0.05) is 39.8 Å². The standard InChI is InChI=1S/C38H35N3O4/c1-17(2)12-20(6)40-35(42)25-11-9-24-30-22(16-39)15-28-32-26(36(43)41(38(28)45)21(7)13-18(3)4)10-8-23(34(30)32)29-19(5)14-27(37(40)44)31(25)33(24)29/h8-11,14-15,17-18,20-21H,12-13H2,1-7H3. The molecule has 2 atom stereocenters. The summed E-state index contributed by atoms with van der Waals surface area (Å²) in [6.45, 7) is 14.0. The first-order valence-corrected chi connectivity index (χ1v) is 15.8. The topological polar surface area (TPSA) is 98.6 Å². The van der Waals surface area contributed by atoms with Gasteiger partial charge in [0.15, 0.2) is 0 Å². The van der Waals surface area contributed by atoms with Crippen LogP contribution in [0.4, 0.5) is 0 Å². The highest BCUT2D eigenvalue weighted by molar-refractivity contribution is 6.42. The van der Waals surface area contributed by atoms with E-state index in [0.717, 1.165) is 27.1 Å². The number of benzene rings is 5. The van der Waals surface area contributed by atoms with Crippen LogP contribution in [0.3, 0.4) is 0 Å². The molecule has 0 bridgehead atoms. The van der Waals surface area contributed by atoms with E-state index >= 15 is 0 Å². The smallest absolute Gasteiger partial charge is 0.261 e. The van der Waals surface area contributed by atoms with Crippen molar-refractivity contribution in [3.63, 3.8) is 0 Å². The number of fused-ring (bicyclic) bond motifs is 2. The fourth-order valence-electron chi connectivity index (χ4n) is 8.17. The van der Waals surface area contributed by atoms with Crippen molar-refractivity contribution in [1.29, 1.82) is 5.26 Å². The van der Waals surface area contributed by atoms with E-state index in [9.17, 15) is 24.4 Å². The van der Waals surface area contributed by atoms with E-state index in [-0.39, 0.29) is 41.6 Å². The molecule has 2 heterocycles. The lowest BCUT2D eigenvalue weighted by Gasteiger charge is -2.35. The van der Waals surface area contributed by atoms with Crippen molar-refractivity contribution in [2.75, 3.05) is 0 Å². The summed E-state index contributed by atoms with van der Waals surface area (Å²) >= 11 is 0. The molecule has 2 aliphatic rings. The van der Waals surface area contributed by atoms with E-state index in [1.807, 2.05) is 39.0 Å². The van der Waals surface area contributed by atoms with Crippen molar-refractivity contribution in [1.82, 2.24) is 9.80 Å². The number of nitriles is 1. The van der Waals surface area contributed by atoms with Gasteiger partial charge < -0.3 is 0 Å². The van der Waals surface area contributed by atoms with Gasteiger partial charge in [0, 0.05) is 50.3 Å². The maximum Gasteiger partial charge on any atom is 0.261 e. The summed E-state index contributed by atoms with van der Waals surface area (Å²) in [6.07, 6.45) is 1.36. The summed E-state index contributed by atoms with van der Waals surface area (Å²) in [4.78, 5) is 58.6. The van der Waals surface area contributed by atoms with E-state index in [0.29, 0.717) is 68.1 Å². The molecule has 7 nitrogen and oxygen atoms in total. The van der Waals surface area contributed by atoms with Gasteiger partial charge in [-0.2, -0.15) is 5.26 Å². The summed E-state index contributed by atoms with van der Waals surface area (Å²) < 4.78 is 0. The molecule has 5 aromatic rings. The lowest BCUT2D eigenvalue weighted by atomic mass is 9.79. The Bertz CT molecular complexity index is 2220. The summed E-state index contributed by atoms with van der Waals surface area (Å²) in [7, 11) is 0. The number of hydrogen-bond donors (Lipinski definition) is 0. The van der Waals surface area contributed by atoms with Gasteiger partial charge in [0.05, 0.1) is 17.2 Å². The average molecular weight is 598 g/mol. The van der Waals surface area contributed by atoms with Crippen molar-refractivity contribution in [3.05, 3.63) is 69.8 Å². The highest BCUT2D eigenvalue weighted by atomic mass is 16.2. The second kappa shape index (κ2) is 9.84. The predicted octanol–water partition coefficient (Wildman–Crippen LogP) is 7.98. The van der Waals surface area contributed by atoms with Crippen LogP contribution in [0.15, 0.2) is 36.4 Å². The van der Waals surface area contributed by atoms with Crippen LogP contribution in [0, 0.1) is 30.1 Å². The Morgan fingerprint density at radius 2 is 1.00 bits per heavy atom. The van der Waals surface area contributed by atoms with Crippen LogP contribution in [0.1, 0.15) is 107 Å². The third-order valence-electron chi connectivity index (χ3n) is 9.73. The Labute approximate surface area is 261 Å². The van der Waals surface area contributed by atoms with Gasteiger partial charge in [-0.25, -0.2) is 0 Å². The lowest BCUT2D eigenvalue weighted by Crippen LogP contribution is -2.46. The Morgan fingerprint density at radius 3 is 1.47 bits per heavy atom. The number of nitrogens with zero attached hydrogens (tertiary/aromatic N) is 3. The van der Waals surface area contributed by atoms with E-state index in [1.54, 1.807) is 18.2 Å². The van der Waals surface area contributed by atoms with Crippen LogP contribution in [-0.4, -0.2) is 45.5 Å². The number of imide groups is 2. The first-order valence-electron chi connectivity index (χ1n) is 15.8. The molecule has 0 fully saturated rings. The molecule has 5 aromatic carbocycles. The number of carbonyl (C=O) groups excluding carboxylic acids is 4. The summed E-state index contributed by atoms with van der Waals surface area (Å²) in [5, 5.41) is 16.1. The highest BCUT2D eigenvalue weighted by Gasteiger charge is 2.40. The third-order valence-corrected chi connectivity index (χ3v) is 9.73. The van der Waals surface area contributed by atoms with Gasteiger partial charge in [0.2, 0.25) is 0 Å². The zero-order valence-corrected chi connectivity index (χ0v) is 26.7. The van der Waals surface area contributed by atoms with E-state index < -0.39 is 0 Å². The molecular formula is C38H35N3O4. The molecule has 7 heteroatoms. The third kappa shape index (κ3) is 3.81. The maximum atomic E-state index is 14.0. The first kappa shape index (κ1) is 28.9. The van der Waals surface area contributed by atoms with Crippen LogP contribution in [-0.2, 0) is 0 Å². The molecule has 0 saturated heterocycles. The summed E-state index contributed by atoms with van der Waals surface area (Å²) in [5.74, 6) is -0.742. The molecule has 4 amide bonds. The molecule has 0 aromatic heterocycles. The first-order chi connectivity index (χ1) is 21.4. The molecule has 2 unspecified atom stereocenters. The monoisotopic (exact) mass is 597 g/mol. The molecule has 7 rings (SSSR count). The van der Waals surface area contributed by atoms with Gasteiger partial charge in [0.25, 0.3) is 23.6 Å². The Morgan fingerprint density at radius 1 is 0.578 bits per heavy atom. The molecule has 0 aliphatic carbocycles. The van der Waals surface area contributed by atoms with Gasteiger partial charge >= 0.3 is 0 Å². The maximum absolute atomic E-state index is 14.0. The van der Waals surface area contributed by atoms with E-state index in [4.69, 9.17) is 0 Å². The van der Waals surface area contributed by atoms with Crippen LogP contribution < -0.4 is 0 Å². The second-order valence-corrected chi connectivity index (χ2v) is 13.8.